The highest BCUT2D eigenvalue weighted by Crippen LogP contribution is 2.36. The first-order chi connectivity index (χ1) is 11.6. The van der Waals surface area contributed by atoms with Crippen LogP contribution in [0.15, 0.2) is 36.2 Å². The predicted molar refractivity (Wildman–Crippen MR) is 92.9 cm³/mol. The number of carboxylic acid groups (broad SMARTS) is 1. The zero-order valence-electron chi connectivity index (χ0n) is 14.8. The Balaban J connectivity index is 1.93. The van der Waals surface area contributed by atoms with E-state index in [-0.39, 0.29) is 18.7 Å². The predicted octanol–water partition coefficient (Wildman–Crippen LogP) is 2.49. The molecular formula is C17H23BFNO5. The topological polar surface area (TPSA) is 77.0 Å². The van der Waals surface area contributed by atoms with Crippen LogP contribution in [0.5, 0.6) is 5.75 Å². The van der Waals surface area contributed by atoms with Crippen LogP contribution in [-0.2, 0) is 9.31 Å². The number of carbonyl (C=O) groups is 1. The lowest BCUT2D eigenvalue weighted by molar-refractivity contribution is 0.00578. The van der Waals surface area contributed by atoms with Gasteiger partial charge < -0.3 is 24.5 Å². The van der Waals surface area contributed by atoms with Crippen molar-refractivity contribution in [3.05, 3.63) is 36.2 Å². The van der Waals surface area contributed by atoms with Crippen LogP contribution in [0.4, 0.5) is 9.18 Å². The summed E-state index contributed by atoms with van der Waals surface area (Å²) >= 11 is 0. The maximum absolute atomic E-state index is 12.7. The molecule has 0 aromatic heterocycles. The van der Waals surface area contributed by atoms with E-state index in [0.717, 1.165) is 5.46 Å². The third-order valence-electron chi connectivity index (χ3n) is 4.45. The maximum Gasteiger partial charge on any atom is 0.494 e. The zero-order valence-corrected chi connectivity index (χ0v) is 14.8. The van der Waals surface area contributed by atoms with Crippen molar-refractivity contribution in [2.45, 2.75) is 38.9 Å². The van der Waals surface area contributed by atoms with Gasteiger partial charge in [-0.1, -0.05) is 12.1 Å². The van der Waals surface area contributed by atoms with Gasteiger partial charge in [-0.25, -0.2) is 9.18 Å². The molecule has 2 N–H and O–H groups in total. The smallest absolute Gasteiger partial charge is 0.489 e. The lowest BCUT2D eigenvalue weighted by Crippen LogP contribution is -2.41. The van der Waals surface area contributed by atoms with Gasteiger partial charge in [0.15, 0.2) is 0 Å². The van der Waals surface area contributed by atoms with Gasteiger partial charge >= 0.3 is 13.2 Å². The third-order valence-corrected chi connectivity index (χ3v) is 4.45. The SMILES string of the molecule is CC1(C)OB(c2ccc(OCC(=CF)CNC(=O)O)cc2)OC1(C)C. The molecule has 6 nitrogen and oxygen atoms in total. The molecule has 1 aliphatic rings. The highest BCUT2D eigenvalue weighted by Gasteiger charge is 2.51. The summed E-state index contributed by atoms with van der Waals surface area (Å²) in [5.41, 5.74) is 0.229. The van der Waals surface area contributed by atoms with Crippen LogP contribution in [0.1, 0.15) is 27.7 Å². The van der Waals surface area contributed by atoms with Crippen molar-refractivity contribution in [1.29, 1.82) is 0 Å². The molecule has 1 amide bonds. The standard InChI is InChI=1S/C17H23BFNO5/c1-16(2)17(3,4)25-18(24-16)13-5-7-14(8-6-13)23-11-12(9-19)10-20-15(21)22/h5-9,20H,10-11H2,1-4H3,(H,21,22). The van der Waals surface area contributed by atoms with Crippen LogP contribution in [0.3, 0.4) is 0 Å². The number of hydrogen-bond donors (Lipinski definition) is 2. The van der Waals surface area contributed by atoms with E-state index in [1.807, 2.05) is 39.8 Å². The summed E-state index contributed by atoms with van der Waals surface area (Å²) in [6.45, 7) is 7.77. The van der Waals surface area contributed by atoms with Crippen molar-refractivity contribution in [3.8, 4) is 5.75 Å². The number of rotatable bonds is 6. The number of amides is 1. The molecule has 2 rings (SSSR count). The Labute approximate surface area is 147 Å². The normalized spacial score (nSPS) is 18.9. The molecule has 0 saturated carbocycles. The quantitative estimate of drug-likeness (QED) is 0.770. The largest absolute Gasteiger partial charge is 0.494 e. The van der Waals surface area contributed by atoms with Crippen LogP contribution in [0.25, 0.3) is 0 Å². The maximum atomic E-state index is 12.7. The van der Waals surface area contributed by atoms with E-state index in [4.69, 9.17) is 19.2 Å². The molecule has 1 heterocycles. The monoisotopic (exact) mass is 351 g/mol. The lowest BCUT2D eigenvalue weighted by atomic mass is 9.79. The van der Waals surface area contributed by atoms with Gasteiger partial charge in [-0.2, -0.15) is 0 Å². The molecule has 0 aliphatic carbocycles. The lowest BCUT2D eigenvalue weighted by Gasteiger charge is -2.32. The molecule has 1 saturated heterocycles. The van der Waals surface area contributed by atoms with Crippen LogP contribution in [0.2, 0.25) is 0 Å². The second kappa shape index (κ2) is 7.45. The Bertz CT molecular complexity index is 629. The fraction of sp³-hybridized carbons (Fsp3) is 0.471. The number of nitrogens with one attached hydrogen (secondary N) is 1. The van der Waals surface area contributed by atoms with Crippen LogP contribution in [0, 0.1) is 0 Å². The Morgan fingerprint density at radius 3 is 2.28 bits per heavy atom. The fourth-order valence-electron chi connectivity index (χ4n) is 2.19. The molecule has 8 heteroatoms. The van der Waals surface area contributed by atoms with Crippen molar-refractivity contribution < 1.29 is 28.3 Å². The van der Waals surface area contributed by atoms with E-state index in [0.29, 0.717) is 12.1 Å². The molecule has 0 radical (unpaired) electrons. The number of halogens is 1. The average molecular weight is 351 g/mol. The van der Waals surface area contributed by atoms with E-state index in [1.165, 1.54) is 0 Å². The van der Waals surface area contributed by atoms with Crippen LogP contribution < -0.4 is 15.5 Å². The van der Waals surface area contributed by atoms with Crippen LogP contribution in [-0.4, -0.2) is 42.7 Å². The fourth-order valence-corrected chi connectivity index (χ4v) is 2.19. The van der Waals surface area contributed by atoms with Crippen molar-refractivity contribution in [1.82, 2.24) is 5.32 Å². The molecule has 1 aliphatic heterocycles. The summed E-state index contributed by atoms with van der Waals surface area (Å²) in [5.74, 6) is 0.537. The molecular weight excluding hydrogens is 328 g/mol. The Morgan fingerprint density at radius 2 is 1.80 bits per heavy atom. The van der Waals surface area contributed by atoms with Crippen molar-refractivity contribution in [2.24, 2.45) is 0 Å². The minimum absolute atomic E-state index is 0.0490. The summed E-state index contributed by atoms with van der Waals surface area (Å²) in [6.07, 6.45) is -0.875. The summed E-state index contributed by atoms with van der Waals surface area (Å²) in [6, 6.07) is 7.12. The molecule has 1 fully saturated rings. The zero-order chi connectivity index (χ0) is 18.7. The van der Waals surface area contributed by atoms with Gasteiger partial charge in [-0.15, -0.1) is 0 Å². The summed E-state index contributed by atoms with van der Waals surface area (Å²) < 4.78 is 30.1. The molecule has 0 bridgehead atoms. The van der Waals surface area contributed by atoms with Gasteiger partial charge in [-0.05, 0) is 45.3 Å². The summed E-state index contributed by atoms with van der Waals surface area (Å²) in [5, 5.41) is 10.6. The van der Waals surface area contributed by atoms with E-state index >= 15 is 0 Å². The minimum atomic E-state index is -1.22. The molecule has 1 aromatic carbocycles. The first kappa shape index (κ1) is 19.3. The van der Waals surface area contributed by atoms with Crippen molar-refractivity contribution >= 4 is 18.7 Å². The second-order valence-electron chi connectivity index (χ2n) is 6.87. The first-order valence-corrected chi connectivity index (χ1v) is 7.98. The first-order valence-electron chi connectivity index (χ1n) is 7.98. The molecule has 0 atom stereocenters. The van der Waals surface area contributed by atoms with Gasteiger partial charge in [0.1, 0.15) is 12.4 Å². The van der Waals surface area contributed by atoms with E-state index in [9.17, 15) is 9.18 Å². The highest BCUT2D eigenvalue weighted by atomic mass is 19.1. The number of ether oxygens (including phenoxy) is 1. The summed E-state index contributed by atoms with van der Waals surface area (Å²) in [7, 11) is -0.458. The van der Waals surface area contributed by atoms with Crippen molar-refractivity contribution in [2.75, 3.05) is 13.2 Å². The Morgan fingerprint density at radius 1 is 1.24 bits per heavy atom. The van der Waals surface area contributed by atoms with Gasteiger partial charge in [0, 0.05) is 12.1 Å². The molecule has 0 unspecified atom stereocenters. The van der Waals surface area contributed by atoms with Gasteiger partial charge in [0.25, 0.3) is 0 Å². The average Bonchev–Trinajstić information content (AvgIpc) is 2.76. The second-order valence-corrected chi connectivity index (χ2v) is 6.87. The number of hydrogen-bond acceptors (Lipinski definition) is 4. The Kier molecular flexibility index (Phi) is 5.74. The molecule has 0 spiro atoms. The molecule has 25 heavy (non-hydrogen) atoms. The third kappa shape index (κ3) is 4.73. The Hall–Kier alpha value is -2.06. The molecule has 1 aromatic rings. The van der Waals surface area contributed by atoms with Gasteiger partial charge in [-0.3, -0.25) is 0 Å². The van der Waals surface area contributed by atoms with Gasteiger partial charge in [0.2, 0.25) is 0 Å². The number of benzene rings is 1. The highest BCUT2D eigenvalue weighted by molar-refractivity contribution is 6.62. The van der Waals surface area contributed by atoms with Crippen LogP contribution >= 0.6 is 0 Å². The molecule has 136 valence electrons. The summed E-state index contributed by atoms with van der Waals surface area (Å²) in [4.78, 5) is 10.4. The van der Waals surface area contributed by atoms with E-state index < -0.39 is 24.4 Å². The van der Waals surface area contributed by atoms with Gasteiger partial charge in [0.05, 0.1) is 17.5 Å². The van der Waals surface area contributed by atoms with E-state index in [1.54, 1.807) is 12.1 Å². The minimum Gasteiger partial charge on any atom is -0.489 e. The van der Waals surface area contributed by atoms with E-state index in [2.05, 4.69) is 5.32 Å². The van der Waals surface area contributed by atoms with Crippen molar-refractivity contribution in [3.63, 3.8) is 0 Å².